The number of H-pyrrole nitrogens is 1. The molecule has 2 aromatic carbocycles. The van der Waals surface area contributed by atoms with Crippen LogP contribution in [0.4, 0.5) is 0 Å². The first-order valence-electron chi connectivity index (χ1n) is 6.71. The fourth-order valence-electron chi connectivity index (χ4n) is 2.28. The van der Waals surface area contributed by atoms with E-state index in [4.69, 9.17) is 17.0 Å². The number of aromatic amines is 1. The van der Waals surface area contributed by atoms with Crippen molar-refractivity contribution in [1.82, 2.24) is 4.98 Å². The molecule has 1 aromatic heterocycles. The normalized spacial score (nSPS) is 10.8. The maximum absolute atomic E-state index is 11.8. The van der Waals surface area contributed by atoms with Gasteiger partial charge < -0.3 is 10.4 Å². The number of nitrogens with one attached hydrogen (secondary N) is 2. The molecule has 0 aliphatic carbocycles. The highest BCUT2D eigenvalue weighted by atomic mass is 35.5. The number of benzene rings is 2. The summed E-state index contributed by atoms with van der Waals surface area (Å²) in [7, 11) is 0. The van der Waals surface area contributed by atoms with E-state index < -0.39 is 0 Å². The Morgan fingerprint density at radius 2 is 2.00 bits per heavy atom. The average molecular weight is 329 g/mol. The number of rotatable bonds is 4. The second kappa shape index (κ2) is 6.38. The smallest absolute Gasteiger partial charge is 0.249 e. The molecule has 0 aliphatic rings. The number of halogens is 1. The molecule has 0 saturated heterocycles. The van der Waals surface area contributed by atoms with E-state index in [-0.39, 0.29) is 5.56 Å². The van der Waals surface area contributed by atoms with Gasteiger partial charge in [0, 0.05) is 28.4 Å². The summed E-state index contributed by atoms with van der Waals surface area (Å²) in [6.07, 6.45) is 1.35. The third kappa shape index (κ3) is 3.08. The Morgan fingerprint density at radius 3 is 2.82 bits per heavy atom. The van der Waals surface area contributed by atoms with Gasteiger partial charge in [-0.05, 0) is 28.6 Å². The van der Waals surface area contributed by atoms with Gasteiger partial charge in [-0.15, -0.1) is 11.8 Å². The predicted molar refractivity (Wildman–Crippen MR) is 93.5 cm³/mol. The van der Waals surface area contributed by atoms with Crippen molar-refractivity contribution in [2.45, 2.75) is 10.8 Å². The van der Waals surface area contributed by atoms with E-state index in [1.54, 1.807) is 12.1 Å². The zero-order chi connectivity index (χ0) is 15.5. The Balaban J connectivity index is 1.98. The molecular formula is C17H13ClN2OS. The van der Waals surface area contributed by atoms with Gasteiger partial charge in [-0.1, -0.05) is 41.9 Å². The fraction of sp³-hybridized carbons (Fsp3) is 0.0588. The molecular weight excluding hydrogens is 316 g/mol. The Hall–Kier alpha value is -2.04. The summed E-state index contributed by atoms with van der Waals surface area (Å²) in [5, 5.41) is 10.7. The minimum atomic E-state index is -0.127. The van der Waals surface area contributed by atoms with Crippen LogP contribution in [0, 0.1) is 5.41 Å². The second-order valence-electron chi connectivity index (χ2n) is 4.83. The van der Waals surface area contributed by atoms with Crippen molar-refractivity contribution >= 4 is 40.3 Å². The van der Waals surface area contributed by atoms with Crippen molar-refractivity contribution in [3.63, 3.8) is 0 Å². The van der Waals surface area contributed by atoms with Crippen LogP contribution in [0.5, 0.6) is 0 Å². The molecule has 110 valence electrons. The maximum Gasteiger partial charge on any atom is 0.249 e. The van der Waals surface area contributed by atoms with Crippen LogP contribution >= 0.6 is 23.4 Å². The van der Waals surface area contributed by atoms with Crippen molar-refractivity contribution in [1.29, 1.82) is 5.41 Å². The molecule has 0 fully saturated rings. The SMILES string of the molecule is N=Cc1ccccc1CSc1[nH]c(=O)cc2ccc(Cl)cc12. The van der Waals surface area contributed by atoms with Gasteiger partial charge in [0.2, 0.25) is 5.56 Å². The molecule has 5 heteroatoms. The molecule has 3 aromatic rings. The van der Waals surface area contributed by atoms with Crippen molar-refractivity contribution in [3.05, 3.63) is 75.0 Å². The Bertz CT molecular complexity index is 905. The van der Waals surface area contributed by atoms with Gasteiger partial charge in [-0.3, -0.25) is 4.79 Å². The highest BCUT2D eigenvalue weighted by Gasteiger charge is 2.07. The van der Waals surface area contributed by atoms with Gasteiger partial charge in [0.05, 0.1) is 5.03 Å². The van der Waals surface area contributed by atoms with Crippen molar-refractivity contribution in [2.75, 3.05) is 0 Å². The zero-order valence-electron chi connectivity index (χ0n) is 11.6. The summed E-state index contributed by atoms with van der Waals surface area (Å²) in [4.78, 5) is 14.7. The molecule has 0 saturated carbocycles. The van der Waals surface area contributed by atoms with E-state index >= 15 is 0 Å². The number of fused-ring (bicyclic) bond motifs is 1. The van der Waals surface area contributed by atoms with E-state index in [2.05, 4.69) is 4.98 Å². The van der Waals surface area contributed by atoms with Crippen LogP contribution in [-0.2, 0) is 5.75 Å². The van der Waals surface area contributed by atoms with Crippen molar-refractivity contribution in [3.8, 4) is 0 Å². The number of hydrogen-bond donors (Lipinski definition) is 2. The standard InChI is InChI=1S/C17H13ClN2OS/c18-14-6-5-11-7-16(21)20-17(15(11)8-14)22-10-13-4-2-1-3-12(13)9-19/h1-9,19H,10H2,(H,20,21). The first-order chi connectivity index (χ1) is 10.7. The zero-order valence-corrected chi connectivity index (χ0v) is 13.2. The summed E-state index contributed by atoms with van der Waals surface area (Å²) in [5.41, 5.74) is 1.82. The predicted octanol–water partition coefficient (Wildman–Crippen LogP) is 4.47. The lowest BCUT2D eigenvalue weighted by Gasteiger charge is -2.08. The number of hydrogen-bond acceptors (Lipinski definition) is 3. The van der Waals surface area contributed by atoms with Crippen LogP contribution < -0.4 is 5.56 Å². The molecule has 2 N–H and O–H groups in total. The van der Waals surface area contributed by atoms with Crippen LogP contribution in [0.3, 0.4) is 0 Å². The molecule has 0 unspecified atom stereocenters. The van der Waals surface area contributed by atoms with E-state index in [1.807, 2.05) is 36.4 Å². The molecule has 22 heavy (non-hydrogen) atoms. The van der Waals surface area contributed by atoms with Crippen LogP contribution in [-0.4, -0.2) is 11.2 Å². The van der Waals surface area contributed by atoms with E-state index in [0.29, 0.717) is 10.8 Å². The molecule has 3 nitrogen and oxygen atoms in total. The first-order valence-corrected chi connectivity index (χ1v) is 8.07. The largest absolute Gasteiger partial charge is 0.317 e. The summed E-state index contributed by atoms with van der Waals surface area (Å²) in [6.45, 7) is 0. The Morgan fingerprint density at radius 1 is 1.18 bits per heavy atom. The minimum absolute atomic E-state index is 0.127. The molecule has 0 bridgehead atoms. The molecule has 0 amide bonds. The monoisotopic (exact) mass is 328 g/mol. The van der Waals surface area contributed by atoms with Crippen molar-refractivity contribution < 1.29 is 0 Å². The lowest BCUT2D eigenvalue weighted by molar-refractivity contribution is 1.11. The van der Waals surface area contributed by atoms with E-state index in [0.717, 1.165) is 26.9 Å². The van der Waals surface area contributed by atoms with E-state index in [1.165, 1.54) is 18.0 Å². The molecule has 3 rings (SSSR count). The van der Waals surface area contributed by atoms with Gasteiger partial charge in [-0.25, -0.2) is 0 Å². The average Bonchev–Trinajstić information content (AvgIpc) is 2.53. The Kier molecular flexibility index (Phi) is 4.32. The lowest BCUT2D eigenvalue weighted by atomic mass is 10.1. The van der Waals surface area contributed by atoms with Crippen LogP contribution in [0.25, 0.3) is 10.8 Å². The van der Waals surface area contributed by atoms with Gasteiger partial charge in [0.1, 0.15) is 0 Å². The van der Waals surface area contributed by atoms with Gasteiger partial charge in [-0.2, -0.15) is 0 Å². The quantitative estimate of drug-likeness (QED) is 0.548. The third-order valence-electron chi connectivity index (χ3n) is 3.37. The van der Waals surface area contributed by atoms with Gasteiger partial charge in [0.25, 0.3) is 0 Å². The van der Waals surface area contributed by atoms with Crippen LogP contribution in [0.2, 0.25) is 5.02 Å². The third-order valence-corrected chi connectivity index (χ3v) is 4.67. The fourth-order valence-corrected chi connectivity index (χ4v) is 3.52. The molecule has 0 spiro atoms. The maximum atomic E-state index is 11.8. The van der Waals surface area contributed by atoms with Crippen molar-refractivity contribution in [2.24, 2.45) is 0 Å². The highest BCUT2D eigenvalue weighted by molar-refractivity contribution is 7.98. The van der Waals surface area contributed by atoms with Gasteiger partial charge in [0.15, 0.2) is 0 Å². The Labute approximate surface area is 136 Å². The number of aromatic nitrogens is 1. The summed E-state index contributed by atoms with van der Waals surface area (Å²) >= 11 is 7.60. The topological polar surface area (TPSA) is 56.7 Å². The highest BCUT2D eigenvalue weighted by Crippen LogP contribution is 2.29. The lowest BCUT2D eigenvalue weighted by Crippen LogP contribution is -2.05. The van der Waals surface area contributed by atoms with Crippen LogP contribution in [0.1, 0.15) is 11.1 Å². The molecule has 0 radical (unpaired) electrons. The molecule has 1 heterocycles. The summed E-state index contributed by atoms with van der Waals surface area (Å²) in [6, 6.07) is 14.8. The van der Waals surface area contributed by atoms with Gasteiger partial charge >= 0.3 is 0 Å². The second-order valence-corrected chi connectivity index (χ2v) is 6.25. The number of pyridine rings is 1. The molecule has 0 atom stereocenters. The first kappa shape index (κ1) is 14.9. The number of thioether (sulfide) groups is 1. The molecule has 0 aliphatic heterocycles. The minimum Gasteiger partial charge on any atom is -0.317 e. The summed E-state index contributed by atoms with van der Waals surface area (Å²) in [5.74, 6) is 0.674. The van der Waals surface area contributed by atoms with E-state index in [9.17, 15) is 4.79 Å². The van der Waals surface area contributed by atoms with Crippen LogP contribution in [0.15, 0.2) is 58.4 Å². The summed E-state index contributed by atoms with van der Waals surface area (Å²) < 4.78 is 0.